The maximum absolute atomic E-state index is 13.2. The number of sulfonamides is 1. The van der Waals surface area contributed by atoms with Crippen LogP contribution in [0.3, 0.4) is 0 Å². The highest BCUT2D eigenvalue weighted by molar-refractivity contribution is 7.92. The van der Waals surface area contributed by atoms with Crippen molar-refractivity contribution in [1.29, 1.82) is 5.26 Å². The third-order valence-corrected chi connectivity index (χ3v) is 4.20. The summed E-state index contributed by atoms with van der Waals surface area (Å²) in [6, 6.07) is 7.94. The van der Waals surface area contributed by atoms with E-state index in [9.17, 15) is 12.8 Å². The predicted molar refractivity (Wildman–Crippen MR) is 75.6 cm³/mol. The molecule has 0 spiro atoms. The van der Waals surface area contributed by atoms with E-state index in [1.54, 1.807) is 32.0 Å². The molecule has 0 unspecified atom stereocenters. The van der Waals surface area contributed by atoms with E-state index in [0.717, 1.165) is 23.9 Å². The number of rotatable bonds is 3. The smallest absolute Gasteiger partial charge is 0.261 e. The predicted octanol–water partition coefficient (Wildman–Crippen LogP) is 2.51. The second-order valence-corrected chi connectivity index (χ2v) is 6.13. The van der Waals surface area contributed by atoms with Crippen molar-refractivity contribution in [3.8, 4) is 6.07 Å². The summed E-state index contributed by atoms with van der Waals surface area (Å²) in [5, 5.41) is 8.76. The summed E-state index contributed by atoms with van der Waals surface area (Å²) in [4.78, 5) is 3.98. The highest BCUT2D eigenvalue weighted by atomic mass is 32.2. The van der Waals surface area contributed by atoms with Gasteiger partial charge in [0.1, 0.15) is 11.9 Å². The summed E-state index contributed by atoms with van der Waals surface area (Å²) >= 11 is 0. The summed E-state index contributed by atoms with van der Waals surface area (Å²) in [6.07, 6.45) is 0. The molecule has 1 N–H and O–H groups in total. The Labute approximate surface area is 122 Å². The molecule has 0 amide bonds. The maximum atomic E-state index is 13.2. The molecule has 0 saturated heterocycles. The van der Waals surface area contributed by atoms with Gasteiger partial charge in [0.15, 0.2) is 0 Å². The van der Waals surface area contributed by atoms with Crippen LogP contribution in [-0.2, 0) is 10.0 Å². The topological polar surface area (TPSA) is 82.9 Å². The van der Waals surface area contributed by atoms with Gasteiger partial charge in [-0.05, 0) is 44.2 Å². The number of aromatic nitrogens is 1. The molecule has 1 heterocycles. The molecule has 0 aliphatic heterocycles. The molecule has 0 aliphatic rings. The molecule has 7 heteroatoms. The third-order valence-electron chi connectivity index (χ3n) is 2.84. The van der Waals surface area contributed by atoms with E-state index < -0.39 is 15.8 Å². The SMILES string of the molecule is Cc1ccc(NS(=O)(=O)c2ccc(F)c(C#N)c2)c(C)n1. The van der Waals surface area contributed by atoms with Crippen LogP contribution < -0.4 is 4.72 Å². The lowest BCUT2D eigenvalue weighted by atomic mass is 10.2. The van der Waals surface area contributed by atoms with E-state index in [4.69, 9.17) is 5.26 Å². The van der Waals surface area contributed by atoms with Gasteiger partial charge >= 0.3 is 0 Å². The fourth-order valence-corrected chi connectivity index (χ4v) is 2.90. The maximum Gasteiger partial charge on any atom is 0.261 e. The van der Waals surface area contributed by atoms with Crippen molar-refractivity contribution < 1.29 is 12.8 Å². The first-order valence-electron chi connectivity index (χ1n) is 6.00. The van der Waals surface area contributed by atoms with Crippen molar-refractivity contribution in [2.75, 3.05) is 4.72 Å². The largest absolute Gasteiger partial charge is 0.278 e. The first-order chi connectivity index (χ1) is 9.83. The molecule has 1 aromatic carbocycles. The molecule has 0 saturated carbocycles. The van der Waals surface area contributed by atoms with E-state index >= 15 is 0 Å². The van der Waals surface area contributed by atoms with Gasteiger partial charge in [-0.15, -0.1) is 0 Å². The Balaban J connectivity index is 2.41. The number of hydrogen-bond acceptors (Lipinski definition) is 4. The molecule has 0 radical (unpaired) electrons. The summed E-state index contributed by atoms with van der Waals surface area (Å²) in [5.74, 6) is -0.760. The van der Waals surface area contributed by atoms with Gasteiger partial charge < -0.3 is 0 Å². The molecule has 1 aromatic heterocycles. The Morgan fingerprint density at radius 2 is 1.95 bits per heavy atom. The Morgan fingerprint density at radius 1 is 1.24 bits per heavy atom. The first kappa shape index (κ1) is 14.9. The number of nitriles is 1. The molecule has 108 valence electrons. The van der Waals surface area contributed by atoms with Crippen molar-refractivity contribution in [2.24, 2.45) is 0 Å². The van der Waals surface area contributed by atoms with Gasteiger partial charge in [-0.1, -0.05) is 0 Å². The lowest BCUT2D eigenvalue weighted by molar-refractivity contribution is 0.599. The van der Waals surface area contributed by atoms with Crippen molar-refractivity contribution in [3.63, 3.8) is 0 Å². The van der Waals surface area contributed by atoms with Gasteiger partial charge in [-0.2, -0.15) is 5.26 Å². The van der Waals surface area contributed by atoms with Crippen molar-refractivity contribution in [1.82, 2.24) is 4.98 Å². The zero-order chi connectivity index (χ0) is 15.6. The third kappa shape index (κ3) is 3.17. The van der Waals surface area contributed by atoms with Crippen LogP contribution in [0.15, 0.2) is 35.2 Å². The first-order valence-corrected chi connectivity index (χ1v) is 7.48. The van der Waals surface area contributed by atoms with Crippen LogP contribution in [0, 0.1) is 31.0 Å². The van der Waals surface area contributed by atoms with Gasteiger partial charge in [0.05, 0.1) is 21.8 Å². The van der Waals surface area contributed by atoms with E-state index in [1.165, 1.54) is 0 Å². The van der Waals surface area contributed by atoms with Gasteiger partial charge in [-0.25, -0.2) is 12.8 Å². The molecule has 0 fully saturated rings. The average Bonchev–Trinajstić information content (AvgIpc) is 2.42. The van der Waals surface area contributed by atoms with Gasteiger partial charge in [0, 0.05) is 5.69 Å². The Hall–Kier alpha value is -2.46. The van der Waals surface area contributed by atoms with Crippen LogP contribution in [-0.4, -0.2) is 13.4 Å². The number of nitrogens with one attached hydrogen (secondary N) is 1. The summed E-state index contributed by atoms with van der Waals surface area (Å²) in [5.41, 5.74) is 1.31. The van der Waals surface area contributed by atoms with Crippen molar-refractivity contribution in [3.05, 3.63) is 53.1 Å². The van der Waals surface area contributed by atoms with Crippen molar-refractivity contribution in [2.45, 2.75) is 18.7 Å². The Bertz CT molecular complexity index is 842. The van der Waals surface area contributed by atoms with E-state index in [2.05, 4.69) is 9.71 Å². The number of aryl methyl sites for hydroxylation is 2. The molecule has 5 nitrogen and oxygen atoms in total. The minimum atomic E-state index is -3.91. The quantitative estimate of drug-likeness (QED) is 0.944. The average molecular weight is 305 g/mol. The van der Waals surface area contributed by atoms with Crippen LogP contribution in [0.5, 0.6) is 0 Å². The molecule has 21 heavy (non-hydrogen) atoms. The lowest BCUT2D eigenvalue weighted by Gasteiger charge is -2.10. The highest BCUT2D eigenvalue weighted by Gasteiger charge is 2.17. The summed E-state index contributed by atoms with van der Waals surface area (Å²) in [7, 11) is -3.91. The fraction of sp³-hybridized carbons (Fsp3) is 0.143. The number of benzene rings is 1. The zero-order valence-electron chi connectivity index (χ0n) is 11.4. The second-order valence-electron chi connectivity index (χ2n) is 4.44. The molecule has 0 bridgehead atoms. The number of nitrogens with zero attached hydrogens (tertiary/aromatic N) is 2. The zero-order valence-corrected chi connectivity index (χ0v) is 12.2. The van der Waals surface area contributed by atoms with Gasteiger partial charge in [0.25, 0.3) is 10.0 Å². The van der Waals surface area contributed by atoms with Crippen LogP contribution in [0.2, 0.25) is 0 Å². The van der Waals surface area contributed by atoms with Gasteiger partial charge in [0.2, 0.25) is 0 Å². The van der Waals surface area contributed by atoms with Crippen LogP contribution in [0.4, 0.5) is 10.1 Å². The standard InChI is InChI=1S/C14H12FN3O2S/c1-9-3-6-14(10(2)17-9)18-21(19,20)12-4-5-13(15)11(7-12)8-16/h3-7,18H,1-2H3. The van der Waals surface area contributed by atoms with E-state index in [-0.39, 0.29) is 10.5 Å². The van der Waals surface area contributed by atoms with Crippen LogP contribution in [0.1, 0.15) is 17.0 Å². The van der Waals surface area contributed by atoms with Crippen molar-refractivity contribution >= 4 is 15.7 Å². The summed E-state index contributed by atoms with van der Waals surface area (Å²) in [6.45, 7) is 3.47. The number of halogens is 1. The van der Waals surface area contributed by atoms with E-state index in [1.807, 2.05) is 0 Å². The van der Waals surface area contributed by atoms with Gasteiger partial charge in [-0.3, -0.25) is 9.71 Å². The molecule has 0 aliphatic carbocycles. The minimum absolute atomic E-state index is 0.180. The fourth-order valence-electron chi connectivity index (χ4n) is 1.76. The molecule has 2 rings (SSSR count). The Kier molecular flexibility index (Phi) is 3.91. The highest BCUT2D eigenvalue weighted by Crippen LogP contribution is 2.20. The van der Waals surface area contributed by atoms with E-state index in [0.29, 0.717) is 11.4 Å². The van der Waals surface area contributed by atoms with Crippen LogP contribution in [0.25, 0.3) is 0 Å². The normalized spacial score (nSPS) is 11.0. The number of pyridine rings is 1. The van der Waals surface area contributed by atoms with Crippen LogP contribution >= 0.6 is 0 Å². The molecule has 0 atom stereocenters. The summed E-state index contributed by atoms with van der Waals surface area (Å²) < 4.78 is 40.1. The molecular weight excluding hydrogens is 293 g/mol. The molecule has 2 aromatic rings. The second kappa shape index (κ2) is 5.50. The monoisotopic (exact) mass is 305 g/mol. The Morgan fingerprint density at radius 3 is 2.57 bits per heavy atom. The molecular formula is C14H12FN3O2S. The minimum Gasteiger partial charge on any atom is -0.278 e. The number of hydrogen-bond donors (Lipinski definition) is 1. The number of anilines is 1. The lowest BCUT2D eigenvalue weighted by Crippen LogP contribution is -2.14.